The number of pyridine rings is 1. The summed E-state index contributed by atoms with van der Waals surface area (Å²) in [6.07, 6.45) is 2.43. The molecule has 1 unspecified atom stereocenters. The number of ether oxygens (including phenoxy) is 2. The largest absolute Gasteiger partial charge is 0.383 e. The van der Waals surface area contributed by atoms with Crippen LogP contribution in [0.4, 0.5) is 4.39 Å². The number of nitrogens with zero attached hydrogens (tertiary/aromatic N) is 2. The Bertz CT molecular complexity index is 415. The molecule has 0 N–H and O–H groups in total. The Labute approximate surface area is 112 Å². The summed E-state index contributed by atoms with van der Waals surface area (Å²) in [5, 5.41) is 0. The van der Waals surface area contributed by atoms with Crippen LogP contribution in [0.2, 0.25) is 0 Å². The number of aromatic nitrogens is 1. The van der Waals surface area contributed by atoms with Crippen LogP contribution in [0.3, 0.4) is 0 Å². The second kappa shape index (κ2) is 7.81. The van der Waals surface area contributed by atoms with Gasteiger partial charge in [-0.15, -0.1) is 0 Å². The maximum Gasteiger partial charge on any atom is 0.257 e. The lowest BCUT2D eigenvalue weighted by Gasteiger charge is -2.28. The highest BCUT2D eigenvalue weighted by molar-refractivity contribution is 5.94. The molecule has 0 radical (unpaired) electrons. The molecule has 1 amide bonds. The molecule has 5 nitrogen and oxygen atoms in total. The first-order valence-corrected chi connectivity index (χ1v) is 6.00. The molecule has 0 spiro atoms. The van der Waals surface area contributed by atoms with E-state index in [0.29, 0.717) is 19.8 Å². The highest BCUT2D eigenvalue weighted by atomic mass is 19.1. The Kier molecular flexibility index (Phi) is 6.38. The predicted molar refractivity (Wildman–Crippen MR) is 68.4 cm³/mol. The van der Waals surface area contributed by atoms with Gasteiger partial charge in [0.05, 0.1) is 31.0 Å². The van der Waals surface area contributed by atoms with Crippen molar-refractivity contribution in [1.29, 1.82) is 0 Å². The van der Waals surface area contributed by atoms with Gasteiger partial charge >= 0.3 is 0 Å². The molecule has 1 aromatic heterocycles. The van der Waals surface area contributed by atoms with Crippen molar-refractivity contribution >= 4 is 5.91 Å². The molecule has 0 aliphatic rings. The molecule has 0 bridgehead atoms. The molecule has 0 saturated carbocycles. The van der Waals surface area contributed by atoms with Crippen LogP contribution >= 0.6 is 0 Å². The number of hydrogen-bond donors (Lipinski definition) is 0. The lowest BCUT2D eigenvalue weighted by Crippen LogP contribution is -2.43. The van der Waals surface area contributed by atoms with Crippen molar-refractivity contribution in [2.75, 3.05) is 34.0 Å². The first-order chi connectivity index (χ1) is 9.11. The van der Waals surface area contributed by atoms with E-state index in [1.165, 1.54) is 17.2 Å². The fourth-order valence-corrected chi connectivity index (χ4v) is 1.75. The molecular weight excluding hydrogens is 251 g/mol. The standard InChI is InChI=1S/C13H19FN2O3/c1-10(9-19-3)16(6-7-18-2)13(17)11-4-5-15-8-12(11)14/h4-5,8,10H,6-7,9H2,1-3H3. The van der Waals surface area contributed by atoms with Crippen LogP contribution in [0.25, 0.3) is 0 Å². The van der Waals surface area contributed by atoms with E-state index in [0.717, 1.165) is 6.20 Å². The summed E-state index contributed by atoms with van der Waals surface area (Å²) in [5.41, 5.74) is 0.00839. The summed E-state index contributed by atoms with van der Waals surface area (Å²) in [5.74, 6) is -1.01. The van der Waals surface area contributed by atoms with Crippen LogP contribution in [0.5, 0.6) is 0 Å². The lowest BCUT2D eigenvalue weighted by molar-refractivity contribution is 0.0475. The van der Waals surface area contributed by atoms with Crippen LogP contribution in [0.1, 0.15) is 17.3 Å². The lowest BCUT2D eigenvalue weighted by atomic mass is 10.2. The minimum atomic E-state index is -0.625. The molecule has 1 heterocycles. The van der Waals surface area contributed by atoms with Gasteiger partial charge in [-0.1, -0.05) is 0 Å². The fourth-order valence-electron chi connectivity index (χ4n) is 1.75. The molecule has 1 atom stereocenters. The van der Waals surface area contributed by atoms with Gasteiger partial charge in [0.1, 0.15) is 0 Å². The van der Waals surface area contributed by atoms with Gasteiger partial charge in [0, 0.05) is 27.0 Å². The third-order valence-corrected chi connectivity index (χ3v) is 2.74. The van der Waals surface area contributed by atoms with Gasteiger partial charge in [-0.3, -0.25) is 9.78 Å². The van der Waals surface area contributed by atoms with Gasteiger partial charge in [-0.2, -0.15) is 0 Å². The Morgan fingerprint density at radius 2 is 2.21 bits per heavy atom. The van der Waals surface area contributed by atoms with E-state index in [1.807, 2.05) is 6.92 Å². The van der Waals surface area contributed by atoms with E-state index in [4.69, 9.17) is 9.47 Å². The van der Waals surface area contributed by atoms with E-state index in [1.54, 1.807) is 14.2 Å². The van der Waals surface area contributed by atoms with Crippen LogP contribution in [-0.2, 0) is 9.47 Å². The van der Waals surface area contributed by atoms with Crippen LogP contribution in [0.15, 0.2) is 18.5 Å². The molecule has 106 valence electrons. The first-order valence-electron chi connectivity index (χ1n) is 6.00. The zero-order valence-electron chi connectivity index (χ0n) is 11.4. The summed E-state index contributed by atoms with van der Waals surface area (Å²) < 4.78 is 23.6. The number of hydrogen-bond acceptors (Lipinski definition) is 4. The van der Waals surface area contributed by atoms with E-state index in [-0.39, 0.29) is 17.5 Å². The third kappa shape index (κ3) is 4.25. The van der Waals surface area contributed by atoms with Crippen molar-refractivity contribution in [2.24, 2.45) is 0 Å². The molecule has 0 aliphatic heterocycles. The van der Waals surface area contributed by atoms with Crippen LogP contribution in [0, 0.1) is 5.82 Å². The van der Waals surface area contributed by atoms with Gasteiger partial charge in [0.2, 0.25) is 0 Å². The minimum Gasteiger partial charge on any atom is -0.383 e. The monoisotopic (exact) mass is 270 g/mol. The maximum absolute atomic E-state index is 13.6. The van der Waals surface area contributed by atoms with Gasteiger partial charge in [0.15, 0.2) is 5.82 Å². The molecule has 1 rings (SSSR count). The van der Waals surface area contributed by atoms with Gasteiger partial charge in [-0.25, -0.2) is 4.39 Å². The highest BCUT2D eigenvalue weighted by Crippen LogP contribution is 2.11. The van der Waals surface area contributed by atoms with E-state index >= 15 is 0 Å². The zero-order chi connectivity index (χ0) is 14.3. The number of carbonyl (C=O) groups is 1. The molecular formula is C13H19FN2O3. The van der Waals surface area contributed by atoms with Crippen molar-refractivity contribution in [3.05, 3.63) is 29.8 Å². The van der Waals surface area contributed by atoms with Crippen LogP contribution < -0.4 is 0 Å². The highest BCUT2D eigenvalue weighted by Gasteiger charge is 2.23. The first kappa shape index (κ1) is 15.5. The second-order valence-corrected chi connectivity index (χ2v) is 4.15. The Morgan fingerprint density at radius 3 is 2.79 bits per heavy atom. The third-order valence-electron chi connectivity index (χ3n) is 2.74. The summed E-state index contributed by atoms with van der Waals surface area (Å²) in [4.78, 5) is 17.5. The molecule has 0 aromatic carbocycles. The average molecular weight is 270 g/mol. The van der Waals surface area contributed by atoms with Gasteiger partial charge in [0.25, 0.3) is 5.91 Å². The average Bonchev–Trinajstić information content (AvgIpc) is 2.39. The van der Waals surface area contributed by atoms with Crippen molar-refractivity contribution in [1.82, 2.24) is 9.88 Å². The van der Waals surface area contributed by atoms with Crippen LogP contribution in [-0.4, -0.2) is 55.8 Å². The predicted octanol–water partition coefficient (Wildman–Crippen LogP) is 1.34. The summed E-state index contributed by atoms with van der Waals surface area (Å²) >= 11 is 0. The molecule has 19 heavy (non-hydrogen) atoms. The molecule has 1 aromatic rings. The molecule has 6 heteroatoms. The van der Waals surface area contributed by atoms with Crippen molar-refractivity contribution < 1.29 is 18.7 Å². The van der Waals surface area contributed by atoms with Crippen molar-refractivity contribution in [3.8, 4) is 0 Å². The Hall–Kier alpha value is -1.53. The Morgan fingerprint density at radius 1 is 1.47 bits per heavy atom. The van der Waals surface area contributed by atoms with Gasteiger partial charge < -0.3 is 14.4 Å². The SMILES string of the molecule is COCCN(C(=O)c1ccncc1F)C(C)COC. The number of carbonyl (C=O) groups excluding carboxylic acids is 1. The number of rotatable bonds is 7. The van der Waals surface area contributed by atoms with E-state index in [9.17, 15) is 9.18 Å². The smallest absolute Gasteiger partial charge is 0.257 e. The summed E-state index contributed by atoms with van der Waals surface area (Å²) in [6, 6.07) is 1.21. The summed E-state index contributed by atoms with van der Waals surface area (Å²) in [6.45, 7) is 2.98. The van der Waals surface area contributed by atoms with Crippen molar-refractivity contribution in [3.63, 3.8) is 0 Å². The topological polar surface area (TPSA) is 51.7 Å². The molecule has 0 aliphatic carbocycles. The Balaban J connectivity index is 2.90. The second-order valence-electron chi connectivity index (χ2n) is 4.15. The number of methoxy groups -OCH3 is 2. The van der Waals surface area contributed by atoms with E-state index < -0.39 is 5.82 Å². The zero-order valence-corrected chi connectivity index (χ0v) is 11.4. The molecule has 0 fully saturated rings. The van der Waals surface area contributed by atoms with Crippen molar-refractivity contribution in [2.45, 2.75) is 13.0 Å². The fraction of sp³-hybridized carbons (Fsp3) is 0.538. The number of halogens is 1. The maximum atomic E-state index is 13.6. The number of amides is 1. The van der Waals surface area contributed by atoms with Gasteiger partial charge in [-0.05, 0) is 13.0 Å². The van der Waals surface area contributed by atoms with E-state index in [2.05, 4.69) is 4.98 Å². The quantitative estimate of drug-likeness (QED) is 0.750. The normalized spacial score (nSPS) is 12.2. The molecule has 0 saturated heterocycles. The minimum absolute atomic E-state index is 0.00839. The summed E-state index contributed by atoms with van der Waals surface area (Å²) in [7, 11) is 3.11.